The van der Waals surface area contributed by atoms with Crippen molar-refractivity contribution in [3.8, 4) is 0 Å². The average Bonchev–Trinajstić information content (AvgIpc) is 2.74. The molecule has 6 heteroatoms. The highest BCUT2D eigenvalue weighted by atomic mass is 79.9. The second kappa shape index (κ2) is 5.29. The van der Waals surface area contributed by atoms with Gasteiger partial charge in [0.05, 0.1) is 25.0 Å². The number of aryl methyl sites for hydroxylation is 1. The Bertz CT molecular complexity index is 512. The van der Waals surface area contributed by atoms with Crippen molar-refractivity contribution in [1.29, 1.82) is 0 Å². The van der Waals surface area contributed by atoms with Crippen LogP contribution in [-0.2, 0) is 20.2 Å². The molecule has 0 aliphatic rings. The molecule has 0 amide bonds. The van der Waals surface area contributed by atoms with Crippen molar-refractivity contribution in [2.45, 2.75) is 13.2 Å². The zero-order valence-electron chi connectivity index (χ0n) is 9.39. The van der Waals surface area contributed by atoms with Crippen LogP contribution in [0.3, 0.4) is 0 Å². The first-order valence-electron chi connectivity index (χ1n) is 5.17. The Morgan fingerprint density at radius 3 is 2.94 bits per heavy atom. The highest BCUT2D eigenvalue weighted by molar-refractivity contribution is 9.10. The number of aliphatic hydroxyl groups excluding tert-OH is 1. The topological polar surface area (TPSA) is 63.0 Å². The maximum absolute atomic E-state index is 9.16. The highest BCUT2D eigenvalue weighted by Gasteiger charge is 2.02. The van der Waals surface area contributed by atoms with Gasteiger partial charge in [-0.2, -0.15) is 0 Å². The fourth-order valence-electron chi connectivity index (χ4n) is 1.47. The third-order valence-corrected chi connectivity index (χ3v) is 3.27. The van der Waals surface area contributed by atoms with E-state index in [1.54, 1.807) is 10.9 Å². The van der Waals surface area contributed by atoms with E-state index in [4.69, 9.17) is 5.11 Å². The van der Waals surface area contributed by atoms with Crippen molar-refractivity contribution in [3.63, 3.8) is 0 Å². The van der Waals surface area contributed by atoms with Gasteiger partial charge in [0.1, 0.15) is 0 Å². The number of benzene rings is 1. The largest absolute Gasteiger partial charge is 0.392 e. The quantitative estimate of drug-likeness (QED) is 0.901. The van der Waals surface area contributed by atoms with Gasteiger partial charge in [-0.15, -0.1) is 5.10 Å². The first-order valence-corrected chi connectivity index (χ1v) is 5.96. The number of nitrogens with zero attached hydrogens (tertiary/aromatic N) is 3. The fraction of sp³-hybridized carbons (Fsp3) is 0.273. The van der Waals surface area contributed by atoms with Crippen LogP contribution in [0.2, 0.25) is 0 Å². The van der Waals surface area contributed by atoms with E-state index in [2.05, 4.69) is 31.6 Å². The third kappa shape index (κ3) is 2.83. The van der Waals surface area contributed by atoms with Crippen molar-refractivity contribution in [3.05, 3.63) is 40.1 Å². The number of halogens is 1. The van der Waals surface area contributed by atoms with E-state index in [-0.39, 0.29) is 6.61 Å². The molecule has 2 rings (SSSR count). The molecule has 0 atom stereocenters. The van der Waals surface area contributed by atoms with Gasteiger partial charge in [-0.25, -0.2) is 0 Å². The minimum atomic E-state index is 0.0172. The van der Waals surface area contributed by atoms with E-state index in [0.29, 0.717) is 6.54 Å². The molecule has 0 aliphatic carbocycles. The van der Waals surface area contributed by atoms with Gasteiger partial charge in [0.15, 0.2) is 0 Å². The van der Waals surface area contributed by atoms with Crippen molar-refractivity contribution in [2.24, 2.45) is 7.05 Å². The Balaban J connectivity index is 2.07. The van der Waals surface area contributed by atoms with Gasteiger partial charge in [0.25, 0.3) is 0 Å². The molecule has 0 saturated heterocycles. The van der Waals surface area contributed by atoms with Crippen LogP contribution in [-0.4, -0.2) is 20.1 Å². The molecule has 5 nitrogen and oxygen atoms in total. The molecule has 0 saturated carbocycles. The monoisotopic (exact) mass is 296 g/mol. The molecule has 1 aromatic heterocycles. The lowest BCUT2D eigenvalue weighted by atomic mass is 10.2. The molecular weight excluding hydrogens is 284 g/mol. The van der Waals surface area contributed by atoms with Gasteiger partial charge >= 0.3 is 0 Å². The van der Waals surface area contributed by atoms with Crippen LogP contribution < -0.4 is 5.32 Å². The van der Waals surface area contributed by atoms with Crippen molar-refractivity contribution >= 4 is 21.6 Å². The summed E-state index contributed by atoms with van der Waals surface area (Å²) in [7, 11) is 1.85. The molecule has 0 aliphatic heterocycles. The predicted molar refractivity (Wildman–Crippen MR) is 68.4 cm³/mol. The zero-order chi connectivity index (χ0) is 12.3. The maximum atomic E-state index is 9.16. The summed E-state index contributed by atoms with van der Waals surface area (Å²) in [5, 5.41) is 20.1. The Kier molecular flexibility index (Phi) is 3.75. The van der Waals surface area contributed by atoms with E-state index in [0.717, 1.165) is 21.4 Å². The summed E-state index contributed by atoms with van der Waals surface area (Å²) in [5.41, 5.74) is 2.81. The summed E-state index contributed by atoms with van der Waals surface area (Å²) >= 11 is 3.38. The van der Waals surface area contributed by atoms with Gasteiger partial charge in [-0.3, -0.25) is 4.68 Å². The Labute approximate surface area is 108 Å². The molecule has 2 aromatic rings. The molecule has 0 unspecified atom stereocenters. The van der Waals surface area contributed by atoms with Crippen LogP contribution in [0.15, 0.2) is 28.9 Å². The summed E-state index contributed by atoms with van der Waals surface area (Å²) in [6.45, 7) is 0.666. The lowest BCUT2D eigenvalue weighted by Crippen LogP contribution is -2.05. The van der Waals surface area contributed by atoms with E-state index in [9.17, 15) is 0 Å². The Hall–Kier alpha value is -1.40. The van der Waals surface area contributed by atoms with Gasteiger partial charge in [0, 0.05) is 17.2 Å². The number of anilines is 1. The molecule has 0 radical (unpaired) electrons. The first kappa shape index (κ1) is 12.1. The van der Waals surface area contributed by atoms with E-state index < -0.39 is 0 Å². The lowest BCUT2D eigenvalue weighted by molar-refractivity contribution is 0.281. The molecule has 1 heterocycles. The molecule has 0 spiro atoms. The fourth-order valence-corrected chi connectivity index (χ4v) is 1.84. The highest BCUT2D eigenvalue weighted by Crippen LogP contribution is 2.21. The second-order valence-electron chi connectivity index (χ2n) is 3.67. The van der Waals surface area contributed by atoms with Crippen LogP contribution in [0.25, 0.3) is 0 Å². The number of aliphatic hydroxyl groups is 1. The average molecular weight is 297 g/mol. The van der Waals surface area contributed by atoms with Crippen LogP contribution in [0.5, 0.6) is 0 Å². The van der Waals surface area contributed by atoms with Gasteiger partial charge < -0.3 is 10.4 Å². The number of rotatable bonds is 4. The van der Waals surface area contributed by atoms with Crippen LogP contribution >= 0.6 is 15.9 Å². The summed E-state index contributed by atoms with van der Waals surface area (Å²) < 4.78 is 2.63. The summed E-state index contributed by atoms with van der Waals surface area (Å²) in [5.74, 6) is 0. The summed E-state index contributed by atoms with van der Waals surface area (Å²) in [6.07, 6.45) is 1.72. The third-order valence-electron chi connectivity index (χ3n) is 2.50. The van der Waals surface area contributed by atoms with Crippen molar-refractivity contribution in [1.82, 2.24) is 15.0 Å². The van der Waals surface area contributed by atoms with Gasteiger partial charge in [-0.05, 0) is 23.8 Å². The SMILES string of the molecule is Cn1nncc1CNc1ccc(Br)c(CO)c1. The zero-order valence-corrected chi connectivity index (χ0v) is 11.0. The molecule has 0 fully saturated rings. The molecule has 17 heavy (non-hydrogen) atoms. The van der Waals surface area contributed by atoms with Crippen LogP contribution in [0.1, 0.15) is 11.3 Å². The first-order chi connectivity index (χ1) is 8.20. The van der Waals surface area contributed by atoms with Crippen LogP contribution in [0, 0.1) is 0 Å². The predicted octanol–water partition coefficient (Wildman–Crippen LogP) is 1.68. The molecule has 2 N–H and O–H groups in total. The summed E-state index contributed by atoms with van der Waals surface area (Å²) in [4.78, 5) is 0. The Morgan fingerprint density at radius 1 is 1.47 bits per heavy atom. The minimum Gasteiger partial charge on any atom is -0.392 e. The number of hydrogen-bond acceptors (Lipinski definition) is 4. The van der Waals surface area contributed by atoms with E-state index in [1.165, 1.54) is 0 Å². The number of aromatic nitrogens is 3. The van der Waals surface area contributed by atoms with Crippen molar-refractivity contribution in [2.75, 3.05) is 5.32 Å². The Morgan fingerprint density at radius 2 is 2.29 bits per heavy atom. The molecule has 0 bridgehead atoms. The second-order valence-corrected chi connectivity index (χ2v) is 4.52. The molecule has 90 valence electrons. The maximum Gasteiger partial charge on any atom is 0.0774 e. The molecule has 1 aromatic carbocycles. The van der Waals surface area contributed by atoms with Crippen LogP contribution in [0.4, 0.5) is 5.69 Å². The van der Waals surface area contributed by atoms with E-state index in [1.807, 2.05) is 25.2 Å². The standard InChI is InChI=1S/C11H13BrN4O/c1-16-10(6-14-15-16)5-13-9-2-3-11(12)8(4-9)7-17/h2-4,6,13,17H,5,7H2,1H3. The summed E-state index contributed by atoms with van der Waals surface area (Å²) in [6, 6.07) is 5.77. The smallest absolute Gasteiger partial charge is 0.0774 e. The lowest BCUT2D eigenvalue weighted by Gasteiger charge is -2.08. The van der Waals surface area contributed by atoms with Crippen molar-refractivity contribution < 1.29 is 5.11 Å². The number of hydrogen-bond donors (Lipinski definition) is 2. The van der Waals surface area contributed by atoms with Gasteiger partial charge in [0.2, 0.25) is 0 Å². The normalized spacial score (nSPS) is 10.5. The van der Waals surface area contributed by atoms with E-state index >= 15 is 0 Å². The minimum absolute atomic E-state index is 0.0172. The van der Waals surface area contributed by atoms with Gasteiger partial charge in [-0.1, -0.05) is 21.1 Å². The molecular formula is C11H13BrN4O. The number of nitrogens with one attached hydrogen (secondary N) is 1.